The van der Waals surface area contributed by atoms with Crippen LogP contribution in [0.4, 0.5) is 0 Å². The van der Waals surface area contributed by atoms with E-state index in [0.29, 0.717) is 11.8 Å². The third kappa shape index (κ3) is 2.37. The highest BCUT2D eigenvalue weighted by Gasteiger charge is 2.84. The van der Waals surface area contributed by atoms with Crippen molar-refractivity contribution in [2.75, 3.05) is 14.1 Å². The summed E-state index contributed by atoms with van der Waals surface area (Å²) in [6.45, 7) is 2.43. The molecule has 3 unspecified atom stereocenters. The molecular weight excluding hydrogens is 424 g/mol. The summed E-state index contributed by atoms with van der Waals surface area (Å²) < 4.78 is 7.38. The summed E-state index contributed by atoms with van der Waals surface area (Å²) in [5, 5.41) is 22.5. The van der Waals surface area contributed by atoms with Gasteiger partial charge < -0.3 is 19.8 Å². The van der Waals surface area contributed by atoms with E-state index in [1.165, 1.54) is 11.1 Å². The Morgan fingerprint density at radius 1 is 1.15 bits per heavy atom. The Labute approximate surface area is 202 Å². The van der Waals surface area contributed by atoms with Crippen molar-refractivity contribution in [3.8, 4) is 0 Å². The Balaban J connectivity index is 1.26. The summed E-state index contributed by atoms with van der Waals surface area (Å²) in [4.78, 5) is 6.33. The molecule has 5 heteroatoms. The van der Waals surface area contributed by atoms with Crippen molar-refractivity contribution in [2.45, 2.75) is 74.9 Å². The van der Waals surface area contributed by atoms with Crippen LogP contribution < -0.4 is 0 Å². The van der Waals surface area contributed by atoms with Gasteiger partial charge in [0.1, 0.15) is 0 Å². The van der Waals surface area contributed by atoms with Crippen molar-refractivity contribution in [2.24, 2.45) is 22.7 Å². The number of ether oxygens (including phenoxy) is 1. The highest BCUT2D eigenvalue weighted by molar-refractivity contribution is 5.56. The number of pyridine rings is 1. The highest BCUT2D eigenvalue weighted by Crippen LogP contribution is 2.81. The molecular formula is C29H36N2O3. The van der Waals surface area contributed by atoms with E-state index < -0.39 is 12.2 Å². The monoisotopic (exact) mass is 460 g/mol. The van der Waals surface area contributed by atoms with Crippen LogP contribution in [0.25, 0.3) is 6.08 Å². The van der Waals surface area contributed by atoms with Crippen molar-refractivity contribution in [3.05, 3.63) is 59.5 Å². The van der Waals surface area contributed by atoms with Crippen LogP contribution >= 0.6 is 0 Å². The van der Waals surface area contributed by atoms with Gasteiger partial charge in [-0.25, -0.2) is 0 Å². The maximum absolute atomic E-state index is 11.4. The minimum absolute atomic E-state index is 0.0520. The lowest BCUT2D eigenvalue weighted by Gasteiger charge is -2.59. The molecule has 1 aromatic heterocycles. The first kappa shape index (κ1) is 21.5. The fourth-order valence-corrected chi connectivity index (χ4v) is 9.13. The summed E-state index contributed by atoms with van der Waals surface area (Å²) in [6.07, 6.45) is 17.5. The second kappa shape index (κ2) is 6.70. The fourth-order valence-electron chi connectivity index (χ4n) is 9.13. The minimum Gasteiger partial charge on any atom is -0.390 e. The summed E-state index contributed by atoms with van der Waals surface area (Å²) in [5.41, 5.74) is 3.19. The van der Waals surface area contributed by atoms with Gasteiger partial charge in [-0.2, -0.15) is 0 Å². The standard InChI is InChI=1S/C29H36N2O3/c1-26-11-10-20-21-15-28(21)25(33)24(32)22(31(2)3)16-27(28)12-13-29(20,34-27)23(26)9-8-19(26)7-6-18-5-4-14-30-17-18/h4-8,10,14,17,21-25,32-33H,9,11-13,15-16H2,1-3H3/b7-6+/t21?,22-,23?,24+,25-,26+,27+,28?,29+/m0/s1. The van der Waals surface area contributed by atoms with Crippen LogP contribution in [0.5, 0.6) is 0 Å². The van der Waals surface area contributed by atoms with Gasteiger partial charge in [0.05, 0.1) is 23.4 Å². The second-order valence-electron chi connectivity index (χ2n) is 12.3. The van der Waals surface area contributed by atoms with Gasteiger partial charge in [0.25, 0.3) is 0 Å². The molecule has 6 aliphatic rings. The molecule has 3 heterocycles. The molecule has 34 heavy (non-hydrogen) atoms. The van der Waals surface area contributed by atoms with Gasteiger partial charge in [-0.3, -0.25) is 4.98 Å². The zero-order chi connectivity index (χ0) is 23.5. The predicted octanol–water partition coefficient (Wildman–Crippen LogP) is 3.74. The molecule has 2 N–H and O–H groups in total. The van der Waals surface area contributed by atoms with Gasteiger partial charge in [0, 0.05) is 35.2 Å². The van der Waals surface area contributed by atoms with E-state index >= 15 is 0 Å². The highest BCUT2D eigenvalue weighted by atomic mass is 16.5. The summed E-state index contributed by atoms with van der Waals surface area (Å²) in [7, 11) is 4.02. The van der Waals surface area contributed by atoms with Gasteiger partial charge in [0.15, 0.2) is 0 Å². The first-order valence-electron chi connectivity index (χ1n) is 13.0. The van der Waals surface area contributed by atoms with Crippen molar-refractivity contribution in [3.63, 3.8) is 0 Å². The van der Waals surface area contributed by atoms with E-state index in [9.17, 15) is 10.2 Å². The summed E-state index contributed by atoms with van der Waals surface area (Å²) in [5.74, 6) is 0.782. The molecule has 7 rings (SSSR count). The first-order valence-corrected chi connectivity index (χ1v) is 13.0. The lowest BCUT2D eigenvalue weighted by Crippen LogP contribution is -2.67. The van der Waals surface area contributed by atoms with Crippen LogP contribution in [-0.4, -0.2) is 63.6 Å². The summed E-state index contributed by atoms with van der Waals surface area (Å²) in [6, 6.07) is 4.00. The molecule has 180 valence electrons. The Hall–Kier alpha value is -1.79. The van der Waals surface area contributed by atoms with E-state index in [1.807, 2.05) is 32.6 Å². The van der Waals surface area contributed by atoms with Gasteiger partial charge in [-0.1, -0.05) is 37.3 Å². The van der Waals surface area contributed by atoms with Gasteiger partial charge in [-0.15, -0.1) is 0 Å². The number of aliphatic hydroxyl groups excluding tert-OH is 2. The first-order chi connectivity index (χ1) is 16.3. The minimum atomic E-state index is -0.719. The van der Waals surface area contributed by atoms with Crippen LogP contribution in [0.15, 0.2) is 53.9 Å². The number of aliphatic hydroxyl groups is 2. The normalized spacial score (nSPS) is 50.4. The van der Waals surface area contributed by atoms with Gasteiger partial charge in [-0.05, 0) is 81.3 Å². The molecule has 0 amide bonds. The van der Waals surface area contributed by atoms with Crippen LogP contribution in [0.1, 0.15) is 51.0 Å². The third-order valence-electron chi connectivity index (χ3n) is 10.9. The van der Waals surface area contributed by atoms with Gasteiger partial charge in [0.2, 0.25) is 0 Å². The lowest BCUT2D eigenvalue weighted by molar-refractivity contribution is -0.248. The number of aromatic nitrogens is 1. The third-order valence-corrected chi connectivity index (χ3v) is 10.9. The van der Waals surface area contributed by atoms with E-state index in [2.05, 4.69) is 47.2 Å². The van der Waals surface area contributed by atoms with Gasteiger partial charge >= 0.3 is 0 Å². The maximum Gasteiger partial charge on any atom is 0.0961 e. The van der Waals surface area contributed by atoms with Crippen molar-refractivity contribution in [1.29, 1.82) is 0 Å². The van der Waals surface area contributed by atoms with Crippen molar-refractivity contribution in [1.82, 2.24) is 9.88 Å². The zero-order valence-corrected chi connectivity index (χ0v) is 20.4. The molecule has 1 aromatic rings. The number of likely N-dealkylation sites (N-methyl/N-ethyl adjacent to an activating group) is 1. The molecule has 2 saturated carbocycles. The molecule has 0 aromatic carbocycles. The molecule has 0 radical (unpaired) electrons. The fraction of sp³-hybridized carbons (Fsp3) is 0.621. The Bertz CT molecular complexity index is 1130. The number of fused-ring (bicyclic) bond motifs is 2. The SMILES string of the molecule is CN(C)[C@H]1C[C@@]23CC[C@@]4(O2)C(=CC[C@]2(C)C(/C=C/c5cccnc5)=CCC24)C2CC23[C@@H](O)[C@@H]1O. The van der Waals surface area contributed by atoms with Crippen molar-refractivity contribution >= 4 is 6.08 Å². The van der Waals surface area contributed by atoms with Crippen LogP contribution in [0.2, 0.25) is 0 Å². The molecule has 9 atom stereocenters. The molecule has 2 aliphatic heterocycles. The quantitative estimate of drug-likeness (QED) is 0.673. The zero-order valence-electron chi connectivity index (χ0n) is 20.4. The Kier molecular flexibility index (Phi) is 4.23. The number of hydrogen-bond donors (Lipinski definition) is 2. The lowest BCUT2D eigenvalue weighted by atomic mass is 9.57. The number of nitrogens with zero attached hydrogens (tertiary/aromatic N) is 2. The number of allylic oxidation sites excluding steroid dienone is 4. The number of rotatable bonds is 3. The second-order valence-corrected chi connectivity index (χ2v) is 12.3. The largest absolute Gasteiger partial charge is 0.390 e. The summed E-state index contributed by atoms with van der Waals surface area (Å²) >= 11 is 0. The molecule has 5 nitrogen and oxygen atoms in total. The molecule has 3 spiro atoms. The average molecular weight is 461 g/mol. The van der Waals surface area contributed by atoms with E-state index in [0.717, 1.165) is 44.1 Å². The predicted molar refractivity (Wildman–Crippen MR) is 131 cm³/mol. The maximum atomic E-state index is 11.4. The van der Waals surface area contributed by atoms with Crippen molar-refractivity contribution < 1.29 is 14.9 Å². The van der Waals surface area contributed by atoms with E-state index in [4.69, 9.17) is 4.74 Å². The Morgan fingerprint density at radius 2 is 2.00 bits per heavy atom. The van der Waals surface area contributed by atoms with E-state index in [-0.39, 0.29) is 28.1 Å². The van der Waals surface area contributed by atoms with Crippen LogP contribution in [0.3, 0.4) is 0 Å². The van der Waals surface area contributed by atoms with E-state index in [1.54, 1.807) is 0 Å². The smallest absolute Gasteiger partial charge is 0.0961 e. The molecule has 2 bridgehead atoms. The molecule has 4 aliphatic carbocycles. The Morgan fingerprint density at radius 3 is 2.76 bits per heavy atom. The number of hydrogen-bond acceptors (Lipinski definition) is 5. The molecule has 4 fully saturated rings. The van der Waals surface area contributed by atoms with Crippen LogP contribution in [-0.2, 0) is 4.74 Å². The van der Waals surface area contributed by atoms with Crippen LogP contribution in [0, 0.1) is 22.7 Å². The topological polar surface area (TPSA) is 65.8 Å². The molecule has 2 saturated heterocycles. The average Bonchev–Trinajstić information content (AvgIpc) is 3.37.